The first-order valence-corrected chi connectivity index (χ1v) is 11.7. The SMILES string of the molecule is Cc1occc1C(=O)Nc1ccccc1COCC(O)CN1CCC(Oc2ccc(Cl)cc2)C1. The van der Waals surface area contributed by atoms with Crippen molar-refractivity contribution in [1.82, 2.24) is 4.90 Å². The van der Waals surface area contributed by atoms with E-state index in [1.807, 2.05) is 48.5 Å². The van der Waals surface area contributed by atoms with E-state index in [0.717, 1.165) is 30.8 Å². The average molecular weight is 485 g/mol. The third kappa shape index (κ3) is 6.61. The summed E-state index contributed by atoms with van der Waals surface area (Å²) in [6.07, 6.45) is 1.86. The number of nitrogens with zero attached hydrogens (tertiary/aromatic N) is 1. The number of nitrogens with one attached hydrogen (secondary N) is 1. The van der Waals surface area contributed by atoms with Crippen LogP contribution in [0.5, 0.6) is 5.75 Å². The lowest BCUT2D eigenvalue weighted by Gasteiger charge is -2.20. The molecule has 8 heteroatoms. The number of furan rings is 1. The molecule has 4 rings (SSSR count). The molecule has 180 valence electrons. The molecule has 2 aromatic carbocycles. The number of ether oxygens (including phenoxy) is 2. The molecule has 34 heavy (non-hydrogen) atoms. The van der Waals surface area contributed by atoms with E-state index in [4.69, 9.17) is 25.5 Å². The van der Waals surface area contributed by atoms with E-state index in [0.29, 0.717) is 28.6 Å². The molecule has 0 bridgehead atoms. The summed E-state index contributed by atoms with van der Waals surface area (Å²) >= 11 is 5.92. The summed E-state index contributed by atoms with van der Waals surface area (Å²) in [5.41, 5.74) is 2.00. The molecule has 1 aliphatic heterocycles. The number of benzene rings is 2. The molecule has 1 aliphatic rings. The van der Waals surface area contributed by atoms with Crippen LogP contribution in [0.4, 0.5) is 5.69 Å². The Labute approximate surface area is 204 Å². The van der Waals surface area contributed by atoms with Gasteiger partial charge in [-0.05, 0) is 49.7 Å². The molecule has 1 aromatic heterocycles. The van der Waals surface area contributed by atoms with Crippen molar-refractivity contribution < 1.29 is 23.8 Å². The first-order valence-electron chi connectivity index (χ1n) is 11.3. The number of aryl methyl sites for hydroxylation is 1. The van der Waals surface area contributed by atoms with Gasteiger partial charge in [-0.3, -0.25) is 9.69 Å². The summed E-state index contributed by atoms with van der Waals surface area (Å²) < 4.78 is 17.0. The summed E-state index contributed by atoms with van der Waals surface area (Å²) in [6.45, 7) is 4.35. The Balaban J connectivity index is 1.21. The summed E-state index contributed by atoms with van der Waals surface area (Å²) in [6, 6.07) is 16.5. The second kappa shape index (κ2) is 11.5. The Bertz CT molecular complexity index is 1080. The minimum absolute atomic E-state index is 0.0867. The van der Waals surface area contributed by atoms with E-state index in [1.165, 1.54) is 6.26 Å². The molecular weight excluding hydrogens is 456 g/mol. The molecule has 1 amide bonds. The molecule has 2 atom stereocenters. The van der Waals surface area contributed by atoms with Crippen LogP contribution < -0.4 is 10.1 Å². The minimum atomic E-state index is -0.621. The predicted molar refractivity (Wildman–Crippen MR) is 130 cm³/mol. The fourth-order valence-electron chi connectivity index (χ4n) is 4.00. The molecule has 0 spiro atoms. The highest BCUT2D eigenvalue weighted by Crippen LogP contribution is 2.21. The maximum atomic E-state index is 12.5. The highest BCUT2D eigenvalue weighted by atomic mass is 35.5. The lowest BCUT2D eigenvalue weighted by atomic mass is 10.1. The molecule has 2 heterocycles. The number of rotatable bonds is 10. The van der Waals surface area contributed by atoms with Crippen LogP contribution in [-0.2, 0) is 11.3 Å². The van der Waals surface area contributed by atoms with Crippen LogP contribution in [0.15, 0.2) is 65.3 Å². The summed E-state index contributed by atoms with van der Waals surface area (Å²) in [5, 5.41) is 14.1. The number of amides is 1. The Hall–Kier alpha value is -2.84. The highest BCUT2D eigenvalue weighted by Gasteiger charge is 2.25. The summed E-state index contributed by atoms with van der Waals surface area (Å²) in [7, 11) is 0. The van der Waals surface area contributed by atoms with Crippen molar-refractivity contribution >= 4 is 23.2 Å². The van der Waals surface area contributed by atoms with Gasteiger partial charge in [-0.1, -0.05) is 29.8 Å². The van der Waals surface area contributed by atoms with Gasteiger partial charge in [0.2, 0.25) is 0 Å². The molecule has 2 unspecified atom stereocenters. The Morgan fingerprint density at radius 1 is 1.24 bits per heavy atom. The van der Waals surface area contributed by atoms with Crippen molar-refractivity contribution in [1.29, 1.82) is 0 Å². The smallest absolute Gasteiger partial charge is 0.259 e. The molecule has 1 saturated heterocycles. The van der Waals surface area contributed by atoms with Gasteiger partial charge in [0.15, 0.2) is 0 Å². The first kappa shape index (κ1) is 24.3. The highest BCUT2D eigenvalue weighted by molar-refractivity contribution is 6.30. The number of halogens is 1. The quantitative estimate of drug-likeness (QED) is 0.440. The molecular formula is C26H29ClN2O5. The van der Waals surface area contributed by atoms with Gasteiger partial charge in [0.05, 0.1) is 31.1 Å². The molecule has 0 radical (unpaired) electrons. The van der Waals surface area contributed by atoms with Crippen molar-refractivity contribution in [3.8, 4) is 5.75 Å². The molecule has 2 N–H and O–H groups in total. The number of aliphatic hydroxyl groups is 1. The average Bonchev–Trinajstić information content (AvgIpc) is 3.45. The zero-order valence-electron chi connectivity index (χ0n) is 19.1. The molecule has 1 fully saturated rings. The van der Waals surface area contributed by atoms with Crippen LogP contribution in [0.3, 0.4) is 0 Å². The van der Waals surface area contributed by atoms with Crippen LogP contribution in [-0.4, -0.2) is 54.4 Å². The summed E-state index contributed by atoms with van der Waals surface area (Å²) in [4.78, 5) is 14.7. The van der Waals surface area contributed by atoms with Gasteiger partial charge >= 0.3 is 0 Å². The largest absolute Gasteiger partial charge is 0.489 e. The fourth-order valence-corrected chi connectivity index (χ4v) is 4.12. The van der Waals surface area contributed by atoms with Gasteiger partial charge in [-0.2, -0.15) is 0 Å². The Kier molecular flexibility index (Phi) is 8.24. The van der Waals surface area contributed by atoms with Crippen molar-refractivity contribution in [2.24, 2.45) is 0 Å². The van der Waals surface area contributed by atoms with Crippen LogP contribution in [0.2, 0.25) is 5.02 Å². The third-order valence-electron chi connectivity index (χ3n) is 5.75. The van der Waals surface area contributed by atoms with Crippen molar-refractivity contribution in [3.05, 3.63) is 82.8 Å². The van der Waals surface area contributed by atoms with E-state index in [2.05, 4.69) is 10.2 Å². The number of para-hydroxylation sites is 1. The number of carbonyl (C=O) groups excluding carboxylic acids is 1. The number of likely N-dealkylation sites (tertiary alicyclic amines) is 1. The van der Waals surface area contributed by atoms with E-state index in [1.54, 1.807) is 13.0 Å². The van der Waals surface area contributed by atoms with Gasteiger partial charge in [0, 0.05) is 35.9 Å². The number of aliphatic hydroxyl groups excluding tert-OH is 1. The lowest BCUT2D eigenvalue weighted by molar-refractivity contribution is 0.0122. The third-order valence-corrected chi connectivity index (χ3v) is 6.00. The second-order valence-corrected chi connectivity index (χ2v) is 8.85. The second-order valence-electron chi connectivity index (χ2n) is 8.41. The number of hydrogen-bond donors (Lipinski definition) is 2. The van der Waals surface area contributed by atoms with E-state index in [9.17, 15) is 9.90 Å². The van der Waals surface area contributed by atoms with Crippen molar-refractivity contribution in [3.63, 3.8) is 0 Å². The van der Waals surface area contributed by atoms with E-state index < -0.39 is 6.10 Å². The van der Waals surface area contributed by atoms with Crippen molar-refractivity contribution in [2.75, 3.05) is 31.6 Å². The Morgan fingerprint density at radius 2 is 2.03 bits per heavy atom. The van der Waals surface area contributed by atoms with Crippen LogP contribution in [0.25, 0.3) is 0 Å². The zero-order chi connectivity index (χ0) is 23.9. The maximum Gasteiger partial charge on any atom is 0.259 e. The monoisotopic (exact) mass is 484 g/mol. The Morgan fingerprint density at radius 3 is 2.79 bits per heavy atom. The van der Waals surface area contributed by atoms with Gasteiger partial charge in [0.1, 0.15) is 17.6 Å². The topological polar surface area (TPSA) is 84.2 Å². The van der Waals surface area contributed by atoms with Gasteiger partial charge < -0.3 is 24.3 Å². The van der Waals surface area contributed by atoms with Gasteiger partial charge in [-0.15, -0.1) is 0 Å². The lowest BCUT2D eigenvalue weighted by Crippen LogP contribution is -2.34. The zero-order valence-corrected chi connectivity index (χ0v) is 19.8. The van der Waals surface area contributed by atoms with E-state index in [-0.39, 0.29) is 25.2 Å². The van der Waals surface area contributed by atoms with Crippen LogP contribution in [0.1, 0.15) is 28.1 Å². The normalized spacial score (nSPS) is 17.0. The number of β-amino-alcohol motifs (C(OH)–C–C–N with tert-alkyl or cyclic N) is 1. The first-order chi connectivity index (χ1) is 16.5. The summed E-state index contributed by atoms with van der Waals surface area (Å²) in [5.74, 6) is 1.13. The van der Waals surface area contributed by atoms with Crippen LogP contribution in [0, 0.1) is 6.92 Å². The predicted octanol–water partition coefficient (Wildman–Crippen LogP) is 4.52. The molecule has 0 aliphatic carbocycles. The molecule has 3 aromatic rings. The molecule has 0 saturated carbocycles. The number of carbonyl (C=O) groups is 1. The van der Waals surface area contributed by atoms with Gasteiger partial charge in [0.25, 0.3) is 5.91 Å². The fraction of sp³-hybridized carbons (Fsp3) is 0.346. The standard InChI is InChI=1S/C26H29ClN2O5/c1-18-24(11-13-33-18)26(31)28-25-5-3-2-4-19(25)16-32-17-21(30)14-29-12-10-23(15-29)34-22-8-6-20(27)7-9-22/h2-9,11,13,21,23,30H,10,12,14-17H2,1H3,(H,28,31). The van der Waals surface area contributed by atoms with Crippen molar-refractivity contribution in [2.45, 2.75) is 32.2 Å². The number of hydrogen-bond acceptors (Lipinski definition) is 6. The van der Waals surface area contributed by atoms with Crippen LogP contribution >= 0.6 is 11.6 Å². The van der Waals surface area contributed by atoms with E-state index >= 15 is 0 Å². The molecule has 7 nitrogen and oxygen atoms in total. The maximum absolute atomic E-state index is 12.5. The minimum Gasteiger partial charge on any atom is -0.489 e. The number of anilines is 1. The van der Waals surface area contributed by atoms with Gasteiger partial charge in [-0.25, -0.2) is 0 Å².